The maximum absolute atomic E-state index is 11.9. The fourth-order valence-electron chi connectivity index (χ4n) is 3.61. The van der Waals surface area contributed by atoms with Crippen molar-refractivity contribution in [2.24, 2.45) is 0 Å². The second kappa shape index (κ2) is 9.24. The van der Waals surface area contributed by atoms with Crippen LogP contribution < -0.4 is 19.9 Å². The fraction of sp³-hybridized carbons (Fsp3) is 0.208. The molecule has 0 bridgehead atoms. The molecule has 0 aliphatic carbocycles. The Morgan fingerprint density at radius 1 is 1.18 bits per heavy atom. The number of carbonyl (C=O) groups excluding carboxylic acids is 1. The molecule has 3 heterocycles. The predicted molar refractivity (Wildman–Crippen MR) is 131 cm³/mol. The molecule has 1 aliphatic heterocycles. The van der Waals surface area contributed by atoms with E-state index in [1.165, 1.54) is 0 Å². The van der Waals surface area contributed by atoms with Crippen LogP contribution in [0.1, 0.15) is 13.8 Å². The quantitative estimate of drug-likeness (QED) is 0.289. The Morgan fingerprint density at radius 3 is 2.91 bits per heavy atom. The first kappa shape index (κ1) is 22.1. The number of hydrogen-bond donors (Lipinski definition) is 2. The van der Waals surface area contributed by atoms with E-state index in [1.807, 2.05) is 62.4 Å². The van der Waals surface area contributed by atoms with Gasteiger partial charge in [-0.3, -0.25) is 9.89 Å². The average Bonchev–Trinajstić information content (AvgIpc) is 3.25. The van der Waals surface area contributed by atoms with Gasteiger partial charge in [0, 0.05) is 29.1 Å². The molecule has 0 fully saturated rings. The van der Waals surface area contributed by atoms with Crippen LogP contribution in [0.25, 0.3) is 22.2 Å². The van der Waals surface area contributed by atoms with E-state index in [-0.39, 0.29) is 18.6 Å². The van der Waals surface area contributed by atoms with Crippen LogP contribution in [-0.4, -0.2) is 40.8 Å². The number of aromatic amines is 1. The topological polar surface area (TPSA) is 102 Å². The van der Waals surface area contributed by atoms with Gasteiger partial charge in [0.2, 0.25) is 0 Å². The van der Waals surface area contributed by atoms with Gasteiger partial charge in [-0.1, -0.05) is 0 Å². The Labute approximate surface area is 200 Å². The van der Waals surface area contributed by atoms with Gasteiger partial charge < -0.3 is 14.4 Å². The molecule has 174 valence electrons. The molecule has 5 rings (SSSR count). The summed E-state index contributed by atoms with van der Waals surface area (Å²) in [5, 5.41) is 8.50. The van der Waals surface area contributed by atoms with Crippen molar-refractivity contribution in [3.8, 4) is 22.8 Å². The Balaban J connectivity index is 1.30. The molecular formula is C24H23N5O4S. The van der Waals surface area contributed by atoms with Crippen LogP contribution in [0.4, 0.5) is 11.5 Å². The van der Waals surface area contributed by atoms with Gasteiger partial charge in [0.25, 0.3) is 5.91 Å². The normalized spacial score (nSPS) is 13.2. The molecule has 2 N–H and O–H groups in total. The largest absolute Gasteiger partial charge is 0.491 e. The van der Waals surface area contributed by atoms with Crippen LogP contribution in [0.3, 0.4) is 0 Å². The minimum Gasteiger partial charge on any atom is -0.491 e. The number of benzene rings is 2. The van der Waals surface area contributed by atoms with Crippen molar-refractivity contribution in [2.45, 2.75) is 24.8 Å². The number of likely N-dealkylation sites (N-methyl/N-ethyl adjacent to an activating group) is 1. The minimum atomic E-state index is -0.0940. The Hall–Kier alpha value is -3.76. The first-order valence-corrected chi connectivity index (χ1v) is 11.5. The Kier molecular flexibility index (Phi) is 5.99. The molecule has 10 heteroatoms. The third-order valence-electron chi connectivity index (χ3n) is 5.24. The molecule has 0 unspecified atom stereocenters. The van der Waals surface area contributed by atoms with Crippen molar-refractivity contribution in [3.05, 3.63) is 54.7 Å². The first-order valence-electron chi connectivity index (χ1n) is 10.7. The summed E-state index contributed by atoms with van der Waals surface area (Å²) in [7, 11) is 1.73. The molecule has 34 heavy (non-hydrogen) atoms. The van der Waals surface area contributed by atoms with Crippen LogP contribution in [0.5, 0.6) is 11.5 Å². The zero-order valence-corrected chi connectivity index (χ0v) is 19.7. The maximum Gasteiger partial charge on any atom is 0.264 e. The summed E-state index contributed by atoms with van der Waals surface area (Å²) in [6, 6.07) is 15.1. The van der Waals surface area contributed by atoms with Gasteiger partial charge in [-0.2, -0.15) is 9.38 Å². The monoisotopic (exact) mass is 477 g/mol. The summed E-state index contributed by atoms with van der Waals surface area (Å²) in [5.41, 5.74) is 6.16. The van der Waals surface area contributed by atoms with E-state index in [1.54, 1.807) is 18.1 Å². The van der Waals surface area contributed by atoms with Gasteiger partial charge in [-0.05, 0) is 62.4 Å². The van der Waals surface area contributed by atoms with Gasteiger partial charge in [0.15, 0.2) is 12.4 Å². The van der Waals surface area contributed by atoms with Crippen molar-refractivity contribution in [3.63, 3.8) is 0 Å². The summed E-state index contributed by atoms with van der Waals surface area (Å²) in [6.45, 7) is 4.04. The molecule has 2 aromatic carbocycles. The number of anilines is 2. The van der Waals surface area contributed by atoms with E-state index in [2.05, 4.69) is 20.7 Å². The first-order chi connectivity index (χ1) is 16.5. The summed E-state index contributed by atoms with van der Waals surface area (Å²) in [4.78, 5) is 18.6. The highest BCUT2D eigenvalue weighted by molar-refractivity contribution is 7.94. The molecule has 9 nitrogen and oxygen atoms in total. The molecule has 0 saturated carbocycles. The van der Waals surface area contributed by atoms with E-state index < -0.39 is 0 Å². The molecule has 0 atom stereocenters. The second-order valence-electron chi connectivity index (χ2n) is 8.02. The summed E-state index contributed by atoms with van der Waals surface area (Å²) >= 11 is 1.12. The predicted octanol–water partition coefficient (Wildman–Crippen LogP) is 4.82. The van der Waals surface area contributed by atoms with E-state index in [0.717, 1.165) is 44.8 Å². The zero-order chi connectivity index (χ0) is 23.7. The van der Waals surface area contributed by atoms with Crippen LogP contribution in [-0.2, 0) is 9.08 Å². The number of rotatable bonds is 7. The van der Waals surface area contributed by atoms with Gasteiger partial charge in [0.05, 0.1) is 29.4 Å². The molecule has 4 aromatic rings. The number of nitrogens with one attached hydrogen (secondary N) is 2. The van der Waals surface area contributed by atoms with Gasteiger partial charge in [-0.25, -0.2) is 10.5 Å². The van der Waals surface area contributed by atoms with E-state index in [0.29, 0.717) is 17.3 Å². The number of ether oxygens (including phenoxy) is 2. The lowest BCUT2D eigenvalue weighted by molar-refractivity contribution is -0.120. The summed E-state index contributed by atoms with van der Waals surface area (Å²) in [5.74, 6) is 1.90. The fourth-order valence-corrected chi connectivity index (χ4v) is 4.11. The number of hydrogen-bond acceptors (Lipinski definition) is 8. The number of fused-ring (bicyclic) bond motifs is 2. The van der Waals surface area contributed by atoms with Crippen LogP contribution >= 0.6 is 12.0 Å². The van der Waals surface area contributed by atoms with E-state index in [4.69, 9.17) is 13.8 Å². The highest BCUT2D eigenvalue weighted by Gasteiger charge is 2.22. The lowest BCUT2D eigenvalue weighted by atomic mass is 10.1. The number of amides is 1. The molecule has 1 aliphatic rings. The lowest BCUT2D eigenvalue weighted by Crippen LogP contribution is -2.35. The number of nitrogens with zero attached hydrogens (tertiary/aromatic N) is 3. The van der Waals surface area contributed by atoms with E-state index >= 15 is 0 Å². The van der Waals surface area contributed by atoms with Crippen LogP contribution in [0.15, 0.2) is 59.6 Å². The van der Waals surface area contributed by atoms with Crippen molar-refractivity contribution in [1.82, 2.24) is 15.2 Å². The van der Waals surface area contributed by atoms with Crippen molar-refractivity contribution in [1.29, 1.82) is 0 Å². The molecule has 0 spiro atoms. The number of carbonyl (C=O) groups is 1. The molecule has 1 amide bonds. The molecular weight excluding hydrogens is 454 g/mol. The smallest absolute Gasteiger partial charge is 0.264 e. The Morgan fingerprint density at radius 2 is 2.06 bits per heavy atom. The third kappa shape index (κ3) is 4.50. The SMILES string of the molecule is CC(C)Oc1ccc2[nH]nc(-c3ccnc(NOSc4ccc5c(c4)N(C)C(=O)CO5)c3)c2c1. The highest BCUT2D eigenvalue weighted by atomic mass is 32.2. The highest BCUT2D eigenvalue weighted by Crippen LogP contribution is 2.35. The number of H-pyrrole nitrogens is 1. The zero-order valence-electron chi connectivity index (χ0n) is 18.9. The van der Waals surface area contributed by atoms with Crippen molar-refractivity contribution < 1.29 is 18.6 Å². The standard InChI is InChI=1S/C24H23N5O4S/c1-14(2)32-16-4-6-19-18(11-16)24(27-26-19)15-8-9-25-22(10-15)28-33-34-17-5-7-21-20(12-17)29(3)23(30)13-31-21/h4-12,14H,13H2,1-3H3,(H,25,28)(H,26,27). The Bertz CT molecular complexity index is 1360. The van der Waals surface area contributed by atoms with Gasteiger partial charge >= 0.3 is 0 Å². The lowest BCUT2D eigenvalue weighted by Gasteiger charge is -2.26. The maximum atomic E-state index is 11.9. The second-order valence-corrected chi connectivity index (χ2v) is 8.82. The van der Waals surface area contributed by atoms with E-state index in [9.17, 15) is 4.79 Å². The third-order valence-corrected chi connectivity index (χ3v) is 5.85. The van der Waals surface area contributed by atoms with Crippen molar-refractivity contribution in [2.75, 3.05) is 24.0 Å². The average molecular weight is 478 g/mol. The minimum absolute atomic E-state index is 0.0490. The molecule has 0 saturated heterocycles. The summed E-state index contributed by atoms with van der Waals surface area (Å²) < 4.78 is 16.9. The van der Waals surface area contributed by atoms with Gasteiger partial charge in [0.1, 0.15) is 17.2 Å². The molecule has 2 aromatic heterocycles. The van der Waals surface area contributed by atoms with Crippen molar-refractivity contribution >= 4 is 40.4 Å². The van der Waals surface area contributed by atoms with Crippen LogP contribution in [0, 0.1) is 0 Å². The van der Waals surface area contributed by atoms with Crippen LogP contribution in [0.2, 0.25) is 0 Å². The molecule has 0 radical (unpaired) electrons. The number of aromatic nitrogens is 3. The number of pyridine rings is 1. The summed E-state index contributed by atoms with van der Waals surface area (Å²) in [6.07, 6.45) is 1.78. The van der Waals surface area contributed by atoms with Gasteiger partial charge in [-0.15, -0.1) is 0 Å².